The molecule has 2 rings (SSSR count). The number of hydrogen-bond acceptors (Lipinski definition) is 5. The van der Waals surface area contributed by atoms with Crippen molar-refractivity contribution in [3.8, 4) is 5.75 Å². The van der Waals surface area contributed by atoms with E-state index in [1.807, 2.05) is 42.5 Å². The number of nitrogens with two attached hydrogens (primary N) is 1. The zero-order chi connectivity index (χ0) is 19.9. The zero-order valence-corrected chi connectivity index (χ0v) is 17.0. The lowest BCUT2D eigenvalue weighted by Crippen LogP contribution is -2.37. The molecule has 0 fully saturated rings. The molecule has 0 amide bonds. The summed E-state index contributed by atoms with van der Waals surface area (Å²) in [4.78, 5) is 32.0. The standard InChI is InChI=1S/C19H26NO5PS/c1-19(20,12-14-26(22,23)24)11-9-16-7-8-18(27-16)17(21)10-13-25-15-5-3-2-4-6-15/h2-8H,9-14,20H2,1H3,(H2,22,23,24). The summed E-state index contributed by atoms with van der Waals surface area (Å²) in [5.74, 6) is 0.786. The van der Waals surface area contributed by atoms with Crippen LogP contribution in [0.1, 0.15) is 40.7 Å². The maximum atomic E-state index is 12.3. The molecule has 0 spiro atoms. The Morgan fingerprint density at radius 2 is 1.89 bits per heavy atom. The van der Waals surface area contributed by atoms with Crippen LogP contribution in [0.15, 0.2) is 42.5 Å². The largest absolute Gasteiger partial charge is 0.493 e. The molecular weight excluding hydrogens is 385 g/mol. The third kappa shape index (κ3) is 8.37. The first-order valence-corrected chi connectivity index (χ1v) is 11.4. The Labute approximate surface area is 163 Å². The molecule has 8 heteroatoms. The highest BCUT2D eigenvalue weighted by atomic mass is 32.1. The van der Waals surface area contributed by atoms with Crippen LogP contribution in [0.4, 0.5) is 0 Å². The summed E-state index contributed by atoms with van der Waals surface area (Å²) in [6.07, 6.45) is 1.62. The Bertz CT molecular complexity index is 784. The number of para-hydroxylation sites is 1. The average molecular weight is 411 g/mol. The second-order valence-electron chi connectivity index (χ2n) is 6.89. The Morgan fingerprint density at radius 3 is 2.56 bits per heavy atom. The summed E-state index contributed by atoms with van der Waals surface area (Å²) in [5.41, 5.74) is 5.48. The number of carbonyl (C=O) groups is 1. The topological polar surface area (TPSA) is 110 Å². The quantitative estimate of drug-likeness (QED) is 0.385. The summed E-state index contributed by atoms with van der Waals surface area (Å²) < 4.78 is 16.6. The maximum Gasteiger partial charge on any atom is 0.325 e. The number of hydrogen-bond donors (Lipinski definition) is 3. The molecular formula is C19H26NO5PS. The van der Waals surface area contributed by atoms with E-state index in [9.17, 15) is 9.36 Å². The fraction of sp³-hybridized carbons (Fsp3) is 0.421. The van der Waals surface area contributed by atoms with E-state index in [4.69, 9.17) is 20.3 Å². The van der Waals surface area contributed by atoms with Gasteiger partial charge < -0.3 is 20.3 Å². The number of ether oxygens (including phenoxy) is 1. The number of rotatable bonds is 11. The third-order valence-electron chi connectivity index (χ3n) is 4.19. The SMILES string of the molecule is CC(N)(CCc1ccc(C(=O)CCOc2ccccc2)s1)CCP(=O)(O)O. The van der Waals surface area contributed by atoms with Crippen molar-refractivity contribution in [1.29, 1.82) is 0 Å². The first-order chi connectivity index (χ1) is 12.6. The number of aryl methyl sites for hydroxylation is 1. The predicted molar refractivity (Wildman–Crippen MR) is 108 cm³/mol. The summed E-state index contributed by atoms with van der Waals surface area (Å²) >= 11 is 1.44. The fourth-order valence-corrected chi connectivity index (χ4v) is 4.28. The molecule has 27 heavy (non-hydrogen) atoms. The van der Waals surface area contributed by atoms with E-state index in [2.05, 4.69) is 0 Å². The lowest BCUT2D eigenvalue weighted by Gasteiger charge is -2.24. The molecule has 0 radical (unpaired) electrons. The number of carbonyl (C=O) groups excluding carboxylic acids is 1. The van der Waals surface area contributed by atoms with E-state index in [1.165, 1.54) is 11.3 Å². The summed E-state index contributed by atoms with van der Waals surface area (Å²) in [6.45, 7) is 2.13. The molecule has 2 aromatic rings. The summed E-state index contributed by atoms with van der Waals surface area (Å²) in [5, 5.41) is 0. The fourth-order valence-electron chi connectivity index (χ4n) is 2.50. The second kappa shape index (κ2) is 9.62. The van der Waals surface area contributed by atoms with E-state index < -0.39 is 13.1 Å². The number of Topliss-reactive ketones (excluding diaryl/α,β-unsaturated/α-hetero) is 1. The molecule has 1 heterocycles. The van der Waals surface area contributed by atoms with Gasteiger partial charge in [-0.05, 0) is 50.5 Å². The van der Waals surface area contributed by atoms with Gasteiger partial charge in [-0.25, -0.2) is 0 Å². The minimum Gasteiger partial charge on any atom is -0.493 e. The van der Waals surface area contributed by atoms with Crippen molar-refractivity contribution in [2.24, 2.45) is 5.73 Å². The molecule has 6 nitrogen and oxygen atoms in total. The molecule has 1 aromatic carbocycles. The molecule has 0 saturated carbocycles. The van der Waals surface area contributed by atoms with Crippen LogP contribution in [0, 0.1) is 0 Å². The van der Waals surface area contributed by atoms with Crippen molar-refractivity contribution in [3.05, 3.63) is 52.2 Å². The Balaban J connectivity index is 1.78. The van der Waals surface area contributed by atoms with Gasteiger partial charge in [-0.2, -0.15) is 0 Å². The Morgan fingerprint density at radius 1 is 1.19 bits per heavy atom. The van der Waals surface area contributed by atoms with Gasteiger partial charge in [0.25, 0.3) is 0 Å². The molecule has 148 valence electrons. The van der Waals surface area contributed by atoms with E-state index in [1.54, 1.807) is 6.92 Å². The van der Waals surface area contributed by atoms with Crippen LogP contribution in [0.25, 0.3) is 0 Å². The van der Waals surface area contributed by atoms with Crippen LogP contribution in [0.2, 0.25) is 0 Å². The van der Waals surface area contributed by atoms with Crippen LogP contribution in [-0.4, -0.2) is 33.9 Å². The van der Waals surface area contributed by atoms with Crippen molar-refractivity contribution >= 4 is 24.7 Å². The van der Waals surface area contributed by atoms with Crippen molar-refractivity contribution in [1.82, 2.24) is 0 Å². The van der Waals surface area contributed by atoms with Crippen molar-refractivity contribution in [2.45, 2.75) is 38.1 Å². The first kappa shape index (κ1) is 21.8. The molecule has 1 unspecified atom stereocenters. The highest BCUT2D eigenvalue weighted by molar-refractivity contribution is 7.51. The average Bonchev–Trinajstić information content (AvgIpc) is 3.08. The van der Waals surface area contributed by atoms with Crippen molar-refractivity contribution < 1.29 is 23.9 Å². The first-order valence-electron chi connectivity index (χ1n) is 8.78. The lowest BCUT2D eigenvalue weighted by atomic mass is 9.94. The van der Waals surface area contributed by atoms with Gasteiger partial charge in [0.15, 0.2) is 5.78 Å². The summed E-state index contributed by atoms with van der Waals surface area (Å²) in [6, 6.07) is 13.1. The second-order valence-corrected chi connectivity index (χ2v) is 9.84. The van der Waals surface area contributed by atoms with Gasteiger partial charge in [0.1, 0.15) is 5.75 Å². The van der Waals surface area contributed by atoms with Crippen LogP contribution >= 0.6 is 18.9 Å². The molecule has 0 bridgehead atoms. The van der Waals surface area contributed by atoms with E-state index in [-0.39, 0.29) is 18.4 Å². The van der Waals surface area contributed by atoms with Crippen molar-refractivity contribution in [2.75, 3.05) is 12.8 Å². The van der Waals surface area contributed by atoms with Gasteiger partial charge in [-0.15, -0.1) is 11.3 Å². The smallest absolute Gasteiger partial charge is 0.325 e. The molecule has 0 saturated heterocycles. The van der Waals surface area contributed by atoms with E-state index in [0.717, 1.165) is 10.6 Å². The molecule has 4 N–H and O–H groups in total. The van der Waals surface area contributed by atoms with Crippen LogP contribution in [0.3, 0.4) is 0 Å². The third-order valence-corrected chi connectivity index (χ3v) is 6.19. The molecule has 1 atom stereocenters. The Hall–Kier alpha value is -1.50. The van der Waals surface area contributed by atoms with Gasteiger partial charge >= 0.3 is 7.60 Å². The van der Waals surface area contributed by atoms with Gasteiger partial charge in [0.05, 0.1) is 17.6 Å². The lowest BCUT2D eigenvalue weighted by molar-refractivity contribution is 0.0966. The van der Waals surface area contributed by atoms with E-state index >= 15 is 0 Å². The highest BCUT2D eigenvalue weighted by Gasteiger charge is 2.24. The highest BCUT2D eigenvalue weighted by Crippen LogP contribution is 2.37. The van der Waals surface area contributed by atoms with Crippen LogP contribution in [-0.2, 0) is 11.0 Å². The van der Waals surface area contributed by atoms with Gasteiger partial charge in [-0.1, -0.05) is 18.2 Å². The number of ketones is 1. The van der Waals surface area contributed by atoms with Crippen LogP contribution < -0.4 is 10.5 Å². The monoisotopic (exact) mass is 411 g/mol. The minimum atomic E-state index is -4.03. The molecule has 0 aliphatic heterocycles. The number of benzene rings is 1. The van der Waals surface area contributed by atoms with E-state index in [0.29, 0.717) is 30.7 Å². The number of thiophene rings is 1. The minimum absolute atomic E-state index is 0.0409. The predicted octanol–water partition coefficient (Wildman–Crippen LogP) is 3.62. The molecule has 0 aliphatic carbocycles. The summed E-state index contributed by atoms with van der Waals surface area (Å²) in [7, 11) is -4.03. The zero-order valence-electron chi connectivity index (χ0n) is 15.3. The normalized spacial score (nSPS) is 13.9. The Kier molecular flexibility index (Phi) is 7.77. The van der Waals surface area contributed by atoms with Gasteiger partial charge in [-0.3, -0.25) is 9.36 Å². The molecule has 1 aromatic heterocycles. The van der Waals surface area contributed by atoms with Gasteiger partial charge in [0.2, 0.25) is 0 Å². The van der Waals surface area contributed by atoms with Gasteiger partial charge in [0, 0.05) is 16.8 Å². The van der Waals surface area contributed by atoms with Crippen molar-refractivity contribution in [3.63, 3.8) is 0 Å². The maximum absolute atomic E-state index is 12.3. The van der Waals surface area contributed by atoms with Crippen LogP contribution in [0.5, 0.6) is 5.75 Å². The molecule has 0 aliphatic rings.